The molecule has 0 radical (unpaired) electrons. The maximum Gasteiger partial charge on any atom is 0.422 e. The number of ether oxygens (including phenoxy) is 1. The Hall–Kier alpha value is -1.99. The minimum atomic E-state index is -4.45. The van der Waals surface area contributed by atoms with E-state index in [4.69, 9.17) is 16.3 Å². The summed E-state index contributed by atoms with van der Waals surface area (Å²) in [6.07, 6.45) is -2.96. The first-order valence-corrected chi connectivity index (χ1v) is 8.22. The second-order valence-corrected chi connectivity index (χ2v) is 6.64. The van der Waals surface area contributed by atoms with Crippen molar-refractivity contribution in [2.24, 2.45) is 0 Å². The molecule has 0 bridgehead atoms. The van der Waals surface area contributed by atoms with Crippen molar-refractivity contribution in [1.29, 1.82) is 0 Å². The molecule has 0 aromatic heterocycles. The first kappa shape index (κ1) is 17.8. The van der Waals surface area contributed by atoms with Crippen molar-refractivity contribution < 1.29 is 22.7 Å². The Morgan fingerprint density at radius 1 is 1.20 bits per heavy atom. The number of alkyl halides is 3. The SMILES string of the molecule is O=C1Nc2cc(Cl)ccc2C1=Cc1cc(Br)ccc1OCC(F)(F)F. The van der Waals surface area contributed by atoms with Crippen LogP contribution in [0.5, 0.6) is 5.75 Å². The summed E-state index contributed by atoms with van der Waals surface area (Å²) in [6.45, 7) is -1.41. The molecule has 3 nitrogen and oxygen atoms in total. The first-order chi connectivity index (χ1) is 11.7. The highest BCUT2D eigenvalue weighted by Gasteiger charge is 2.29. The molecule has 130 valence electrons. The van der Waals surface area contributed by atoms with E-state index in [1.54, 1.807) is 30.3 Å². The number of halogens is 5. The summed E-state index contributed by atoms with van der Waals surface area (Å²) in [4.78, 5) is 12.2. The summed E-state index contributed by atoms with van der Waals surface area (Å²) < 4.78 is 42.8. The van der Waals surface area contributed by atoms with Crippen molar-refractivity contribution in [2.75, 3.05) is 11.9 Å². The molecule has 2 aromatic carbocycles. The predicted molar refractivity (Wildman–Crippen MR) is 93.6 cm³/mol. The van der Waals surface area contributed by atoms with E-state index in [1.165, 1.54) is 12.1 Å². The highest BCUT2D eigenvalue weighted by molar-refractivity contribution is 9.10. The lowest BCUT2D eigenvalue weighted by atomic mass is 10.0. The van der Waals surface area contributed by atoms with E-state index in [2.05, 4.69) is 21.2 Å². The van der Waals surface area contributed by atoms with Crippen LogP contribution in [0.25, 0.3) is 11.6 Å². The fourth-order valence-electron chi connectivity index (χ4n) is 2.39. The first-order valence-electron chi connectivity index (χ1n) is 7.05. The van der Waals surface area contributed by atoms with Gasteiger partial charge in [-0.15, -0.1) is 0 Å². The topological polar surface area (TPSA) is 38.3 Å². The quantitative estimate of drug-likeness (QED) is 0.647. The van der Waals surface area contributed by atoms with Crippen molar-refractivity contribution in [3.63, 3.8) is 0 Å². The third-order valence-electron chi connectivity index (χ3n) is 3.43. The van der Waals surface area contributed by atoms with Gasteiger partial charge in [0.05, 0.1) is 5.69 Å². The number of rotatable bonds is 3. The molecule has 2 aromatic rings. The standard InChI is InChI=1S/C17H10BrClF3NO2/c18-10-1-4-15(25-8-17(20,21)22)9(5-10)6-13-12-3-2-11(19)7-14(12)23-16(13)24/h1-7H,8H2,(H,23,24). The lowest BCUT2D eigenvalue weighted by molar-refractivity contribution is -0.153. The fourth-order valence-corrected chi connectivity index (χ4v) is 2.94. The minimum absolute atomic E-state index is 0.0308. The maximum atomic E-state index is 12.4. The lowest BCUT2D eigenvalue weighted by Gasteiger charge is -2.12. The van der Waals surface area contributed by atoms with Crippen LogP contribution < -0.4 is 10.1 Å². The Balaban J connectivity index is 2.01. The average molecular weight is 433 g/mol. The van der Waals surface area contributed by atoms with Crippen LogP contribution in [0.1, 0.15) is 11.1 Å². The van der Waals surface area contributed by atoms with Crippen LogP contribution in [-0.4, -0.2) is 18.7 Å². The number of carbonyl (C=O) groups excluding carboxylic acids is 1. The van der Waals surface area contributed by atoms with Crippen LogP contribution in [0.4, 0.5) is 18.9 Å². The zero-order valence-electron chi connectivity index (χ0n) is 12.5. The van der Waals surface area contributed by atoms with E-state index >= 15 is 0 Å². The summed E-state index contributed by atoms with van der Waals surface area (Å²) in [5, 5.41) is 3.14. The van der Waals surface area contributed by atoms with Gasteiger partial charge < -0.3 is 10.1 Å². The Bertz CT molecular complexity index is 881. The molecular weight excluding hydrogens is 423 g/mol. The summed E-state index contributed by atoms with van der Waals surface area (Å²) in [7, 11) is 0. The Morgan fingerprint density at radius 2 is 1.96 bits per heavy atom. The van der Waals surface area contributed by atoms with Gasteiger partial charge in [-0.25, -0.2) is 0 Å². The maximum absolute atomic E-state index is 12.4. The number of benzene rings is 2. The lowest BCUT2D eigenvalue weighted by Crippen LogP contribution is -2.19. The number of fused-ring (bicyclic) bond motifs is 1. The summed E-state index contributed by atoms with van der Waals surface area (Å²) in [5.41, 5.74) is 1.85. The number of hydrogen-bond acceptors (Lipinski definition) is 2. The van der Waals surface area contributed by atoms with Crippen LogP contribution >= 0.6 is 27.5 Å². The molecule has 0 aliphatic carbocycles. The highest BCUT2D eigenvalue weighted by atomic mass is 79.9. The Kier molecular flexibility index (Phi) is 4.79. The molecule has 3 rings (SSSR count). The van der Waals surface area contributed by atoms with Gasteiger partial charge in [0, 0.05) is 26.2 Å². The number of carbonyl (C=O) groups is 1. The van der Waals surface area contributed by atoms with Gasteiger partial charge in [0.25, 0.3) is 5.91 Å². The van der Waals surface area contributed by atoms with Gasteiger partial charge in [-0.1, -0.05) is 33.6 Å². The molecule has 0 fully saturated rings. The zero-order chi connectivity index (χ0) is 18.2. The summed E-state index contributed by atoms with van der Waals surface area (Å²) in [6, 6.07) is 9.48. The van der Waals surface area contributed by atoms with Gasteiger partial charge in [-0.05, 0) is 36.4 Å². The van der Waals surface area contributed by atoms with Gasteiger partial charge in [0.2, 0.25) is 0 Å². The molecule has 0 saturated heterocycles. The Labute approximate surface area is 154 Å². The van der Waals surface area contributed by atoms with E-state index in [0.29, 0.717) is 31.9 Å². The van der Waals surface area contributed by atoms with Gasteiger partial charge >= 0.3 is 6.18 Å². The Morgan fingerprint density at radius 3 is 2.68 bits per heavy atom. The van der Waals surface area contributed by atoms with Crippen molar-refractivity contribution in [3.8, 4) is 5.75 Å². The molecule has 1 heterocycles. The zero-order valence-corrected chi connectivity index (χ0v) is 14.8. The van der Waals surface area contributed by atoms with Gasteiger partial charge in [0.15, 0.2) is 6.61 Å². The van der Waals surface area contributed by atoms with Crippen LogP contribution in [0.3, 0.4) is 0 Å². The van der Waals surface area contributed by atoms with Gasteiger partial charge in [0.1, 0.15) is 5.75 Å². The normalized spacial score (nSPS) is 15.2. The molecule has 1 aliphatic heterocycles. The molecule has 8 heteroatoms. The van der Waals surface area contributed by atoms with Crippen LogP contribution in [-0.2, 0) is 4.79 Å². The van der Waals surface area contributed by atoms with Crippen molar-refractivity contribution in [1.82, 2.24) is 0 Å². The molecule has 0 saturated carbocycles. The second-order valence-electron chi connectivity index (χ2n) is 5.29. The van der Waals surface area contributed by atoms with E-state index in [1.807, 2.05) is 0 Å². The molecule has 1 N–H and O–H groups in total. The van der Waals surface area contributed by atoms with Crippen molar-refractivity contribution >= 4 is 50.8 Å². The van der Waals surface area contributed by atoms with E-state index in [0.717, 1.165) is 0 Å². The smallest absolute Gasteiger partial charge is 0.422 e. The van der Waals surface area contributed by atoms with E-state index in [9.17, 15) is 18.0 Å². The third-order valence-corrected chi connectivity index (χ3v) is 4.16. The van der Waals surface area contributed by atoms with Gasteiger partial charge in [-0.2, -0.15) is 13.2 Å². The molecule has 0 unspecified atom stereocenters. The molecule has 25 heavy (non-hydrogen) atoms. The molecule has 0 atom stereocenters. The second kappa shape index (κ2) is 6.72. The monoisotopic (exact) mass is 431 g/mol. The molecular formula is C17H10BrClF3NO2. The molecule has 0 spiro atoms. The predicted octanol–water partition coefficient (Wildman–Crippen LogP) is 5.54. The molecule has 1 aliphatic rings. The minimum Gasteiger partial charge on any atom is -0.483 e. The molecule has 1 amide bonds. The number of anilines is 1. The number of nitrogens with one attached hydrogen (secondary N) is 1. The van der Waals surface area contributed by atoms with Gasteiger partial charge in [-0.3, -0.25) is 4.79 Å². The summed E-state index contributed by atoms with van der Waals surface area (Å²) >= 11 is 9.17. The van der Waals surface area contributed by atoms with Crippen molar-refractivity contribution in [2.45, 2.75) is 6.18 Å². The summed E-state index contributed by atoms with van der Waals surface area (Å²) in [5.74, 6) is -0.331. The number of hydrogen-bond donors (Lipinski definition) is 1. The van der Waals surface area contributed by atoms with Crippen LogP contribution in [0.2, 0.25) is 5.02 Å². The third kappa shape index (κ3) is 4.16. The van der Waals surface area contributed by atoms with Crippen molar-refractivity contribution in [3.05, 3.63) is 57.0 Å². The number of amides is 1. The van der Waals surface area contributed by atoms with E-state index in [-0.39, 0.29) is 11.7 Å². The van der Waals surface area contributed by atoms with Crippen LogP contribution in [0.15, 0.2) is 40.9 Å². The largest absolute Gasteiger partial charge is 0.483 e. The fraction of sp³-hybridized carbons (Fsp3) is 0.118. The van der Waals surface area contributed by atoms with Crippen LogP contribution in [0, 0.1) is 0 Å². The highest BCUT2D eigenvalue weighted by Crippen LogP contribution is 2.37. The average Bonchev–Trinajstić information content (AvgIpc) is 2.80. The van der Waals surface area contributed by atoms with E-state index < -0.39 is 12.8 Å².